The maximum atomic E-state index is 12.0. The summed E-state index contributed by atoms with van der Waals surface area (Å²) in [6.07, 6.45) is 3.16. The molecule has 1 saturated heterocycles. The van der Waals surface area contributed by atoms with E-state index >= 15 is 0 Å². The fourth-order valence-corrected chi connectivity index (χ4v) is 6.75. The van der Waals surface area contributed by atoms with Crippen molar-refractivity contribution >= 4 is 44.9 Å². The normalized spacial score (nSPS) is 20.7. The molecule has 3 aromatic rings. The summed E-state index contributed by atoms with van der Waals surface area (Å²) in [6, 6.07) is 7.34. The van der Waals surface area contributed by atoms with Crippen LogP contribution in [0.4, 0.5) is 10.5 Å². The number of likely N-dealkylation sites (tertiary alicyclic amines) is 1. The lowest BCUT2D eigenvalue weighted by Crippen LogP contribution is -2.47. The van der Waals surface area contributed by atoms with Gasteiger partial charge in [0.25, 0.3) is 0 Å². The minimum Gasteiger partial charge on any atom is -0.465 e. The fourth-order valence-electron chi connectivity index (χ4n) is 5.51. The van der Waals surface area contributed by atoms with Gasteiger partial charge in [-0.05, 0) is 62.9 Å². The highest BCUT2D eigenvalue weighted by molar-refractivity contribution is 7.19. The first-order chi connectivity index (χ1) is 16.2. The van der Waals surface area contributed by atoms with Crippen molar-refractivity contribution in [3.8, 4) is 11.1 Å². The van der Waals surface area contributed by atoms with Crippen LogP contribution in [0.25, 0.3) is 21.3 Å². The lowest BCUT2D eigenvalue weighted by atomic mass is 9.91. The second-order valence-electron chi connectivity index (χ2n) is 9.70. The maximum Gasteiger partial charge on any atom is 0.407 e. The highest BCUT2D eigenvalue weighted by atomic mass is 35.5. The van der Waals surface area contributed by atoms with E-state index in [0.717, 1.165) is 56.9 Å². The molecule has 0 aliphatic carbocycles. The molecule has 5 rings (SSSR count). The number of amides is 1. The molecule has 0 radical (unpaired) electrons. The quantitative estimate of drug-likeness (QED) is 0.477. The monoisotopic (exact) mass is 501 g/mol. The number of carboxylic acid groups (broad SMARTS) is 1. The molecule has 180 valence electrons. The Morgan fingerprint density at radius 1 is 1.29 bits per heavy atom. The van der Waals surface area contributed by atoms with Crippen molar-refractivity contribution in [1.29, 1.82) is 0 Å². The van der Waals surface area contributed by atoms with Gasteiger partial charge in [0.2, 0.25) is 0 Å². The van der Waals surface area contributed by atoms with Gasteiger partial charge in [0.15, 0.2) is 0 Å². The number of thiophene rings is 1. The molecule has 1 amide bonds. The topological polar surface area (TPSA) is 97.1 Å². The summed E-state index contributed by atoms with van der Waals surface area (Å²) in [5.41, 5.74) is 3.92. The van der Waals surface area contributed by atoms with Crippen molar-refractivity contribution in [3.63, 3.8) is 0 Å². The third kappa shape index (κ3) is 4.02. The van der Waals surface area contributed by atoms with Gasteiger partial charge in [-0.15, -0.1) is 11.3 Å². The average Bonchev–Trinajstić information content (AvgIpc) is 3.42. The molecule has 0 saturated carbocycles. The molecule has 9 heteroatoms. The summed E-state index contributed by atoms with van der Waals surface area (Å²) in [6.45, 7) is 4.46. The number of benzene rings is 1. The first kappa shape index (κ1) is 23.4. The highest BCUT2D eigenvalue weighted by Gasteiger charge is 2.45. The van der Waals surface area contributed by atoms with E-state index in [4.69, 9.17) is 11.6 Å². The molecule has 0 spiro atoms. The molecular formula is C25H28ClN3O4S. The number of carbonyl (C=O) groups is 1. The number of fused-ring (bicyclic) bond motifs is 2. The molecule has 2 aliphatic rings. The average molecular weight is 502 g/mol. The molecule has 7 nitrogen and oxygen atoms in total. The Labute approximate surface area is 207 Å². The van der Waals surface area contributed by atoms with Gasteiger partial charge in [-0.3, -0.25) is 4.98 Å². The first-order valence-corrected chi connectivity index (χ1v) is 12.7. The van der Waals surface area contributed by atoms with Crippen molar-refractivity contribution in [1.82, 2.24) is 9.88 Å². The number of nitrogens with zero attached hydrogens (tertiary/aromatic N) is 3. The van der Waals surface area contributed by atoms with Crippen LogP contribution < -0.4 is 4.90 Å². The van der Waals surface area contributed by atoms with Crippen LogP contribution >= 0.6 is 22.9 Å². The molecule has 2 aliphatic heterocycles. The van der Waals surface area contributed by atoms with E-state index in [1.54, 1.807) is 20.0 Å². The van der Waals surface area contributed by atoms with Crippen LogP contribution in [0.2, 0.25) is 5.02 Å². The zero-order valence-electron chi connectivity index (χ0n) is 19.2. The van der Waals surface area contributed by atoms with Crippen LogP contribution in [-0.2, 0) is 13.0 Å². The molecule has 4 heterocycles. The van der Waals surface area contributed by atoms with Crippen LogP contribution in [-0.4, -0.2) is 62.1 Å². The minimum atomic E-state index is -1.14. The van der Waals surface area contributed by atoms with E-state index in [9.17, 15) is 20.1 Å². The number of hydrogen-bond acceptors (Lipinski definition) is 6. The number of hydrogen-bond donors (Lipinski definition) is 3. The van der Waals surface area contributed by atoms with Crippen LogP contribution in [0.1, 0.15) is 37.1 Å². The van der Waals surface area contributed by atoms with Crippen LogP contribution in [0.5, 0.6) is 0 Å². The number of aliphatic hydroxyl groups excluding tert-OH is 1. The van der Waals surface area contributed by atoms with Gasteiger partial charge in [0, 0.05) is 52.0 Å². The third-order valence-electron chi connectivity index (χ3n) is 6.98. The molecule has 0 bridgehead atoms. The fraction of sp³-hybridized carbons (Fsp3) is 0.440. The Kier molecular flexibility index (Phi) is 5.96. The van der Waals surface area contributed by atoms with E-state index in [1.165, 1.54) is 16.2 Å². The predicted octanol–water partition coefficient (Wildman–Crippen LogP) is 4.75. The summed E-state index contributed by atoms with van der Waals surface area (Å²) < 4.78 is 0.995. The van der Waals surface area contributed by atoms with Crippen molar-refractivity contribution in [2.75, 3.05) is 18.0 Å². The molecule has 3 N–H and O–H groups in total. The number of anilines is 1. The number of aliphatic hydroxyl groups is 2. The summed E-state index contributed by atoms with van der Waals surface area (Å²) in [7, 11) is 0. The molecule has 2 aromatic heterocycles. The van der Waals surface area contributed by atoms with Gasteiger partial charge in [-0.2, -0.15) is 0 Å². The lowest BCUT2D eigenvalue weighted by molar-refractivity contribution is 0.00180. The molecule has 2 atom stereocenters. The number of aryl methyl sites for hydroxylation is 1. The highest BCUT2D eigenvalue weighted by Crippen LogP contribution is 2.45. The zero-order chi connectivity index (χ0) is 24.2. The first-order valence-electron chi connectivity index (χ1n) is 11.5. The summed E-state index contributed by atoms with van der Waals surface area (Å²) in [5.74, 6) is 0. The number of halogens is 1. The predicted molar refractivity (Wildman–Crippen MR) is 135 cm³/mol. The molecule has 34 heavy (non-hydrogen) atoms. The third-order valence-corrected chi connectivity index (χ3v) is 8.34. The lowest BCUT2D eigenvalue weighted by Gasteiger charge is -2.38. The second-order valence-corrected chi connectivity index (χ2v) is 11.3. The summed E-state index contributed by atoms with van der Waals surface area (Å²) in [4.78, 5) is 21.0. The summed E-state index contributed by atoms with van der Waals surface area (Å²) in [5, 5.41) is 30.8. The Morgan fingerprint density at radius 3 is 2.76 bits per heavy atom. The van der Waals surface area contributed by atoms with Crippen molar-refractivity contribution in [2.45, 2.75) is 57.4 Å². The smallest absolute Gasteiger partial charge is 0.407 e. The number of rotatable bonds is 4. The SMILES string of the molecule is CC(C)(O)[C@H]1C[C@H](N2CCCc3cc(Cl)cc(-c4ccnc5cc(CO)sc45)c32)CN1C(=O)O. The summed E-state index contributed by atoms with van der Waals surface area (Å²) >= 11 is 8.10. The van der Waals surface area contributed by atoms with Gasteiger partial charge in [0.1, 0.15) is 0 Å². The van der Waals surface area contributed by atoms with Crippen molar-refractivity contribution < 1.29 is 20.1 Å². The van der Waals surface area contributed by atoms with Gasteiger partial charge >= 0.3 is 6.09 Å². The van der Waals surface area contributed by atoms with Crippen LogP contribution in [0.15, 0.2) is 30.5 Å². The van der Waals surface area contributed by atoms with E-state index in [2.05, 4.69) is 9.88 Å². The van der Waals surface area contributed by atoms with E-state index in [1.807, 2.05) is 24.3 Å². The zero-order valence-corrected chi connectivity index (χ0v) is 20.7. The minimum absolute atomic E-state index is 0.0360. The Balaban J connectivity index is 1.64. The number of pyridine rings is 1. The molecule has 0 unspecified atom stereocenters. The molecule has 1 aromatic carbocycles. The largest absolute Gasteiger partial charge is 0.465 e. The molecule has 1 fully saturated rings. The van der Waals surface area contributed by atoms with Crippen molar-refractivity contribution in [2.24, 2.45) is 0 Å². The molecular weight excluding hydrogens is 474 g/mol. The van der Waals surface area contributed by atoms with Crippen LogP contribution in [0.3, 0.4) is 0 Å². The van der Waals surface area contributed by atoms with Crippen LogP contribution in [0, 0.1) is 0 Å². The van der Waals surface area contributed by atoms with E-state index in [0.29, 0.717) is 18.0 Å². The van der Waals surface area contributed by atoms with Gasteiger partial charge < -0.3 is 25.1 Å². The Morgan fingerprint density at radius 2 is 2.09 bits per heavy atom. The van der Waals surface area contributed by atoms with Gasteiger partial charge in [0.05, 0.1) is 28.5 Å². The standard InChI is InChI=1S/C25H28ClN3O4S/c1-25(2,33)21-10-16(12-29(21)24(31)32)28-7-3-4-14-8-15(26)9-19(22(14)28)18-5-6-27-20-11-17(13-30)34-23(18)20/h5-6,8-9,11,16,21,30,33H,3-4,7,10,12-13H2,1-2H3,(H,31,32)/t16-,21+/m0/s1. The van der Waals surface area contributed by atoms with Gasteiger partial charge in [-0.25, -0.2) is 4.79 Å². The maximum absolute atomic E-state index is 12.0. The van der Waals surface area contributed by atoms with E-state index in [-0.39, 0.29) is 12.6 Å². The van der Waals surface area contributed by atoms with Crippen molar-refractivity contribution in [3.05, 3.63) is 45.9 Å². The Hall–Kier alpha value is -2.39. The number of aromatic nitrogens is 1. The van der Waals surface area contributed by atoms with E-state index < -0.39 is 17.7 Å². The van der Waals surface area contributed by atoms with Gasteiger partial charge in [-0.1, -0.05) is 11.6 Å². The Bertz CT molecular complexity index is 1250. The second kappa shape index (κ2) is 8.68.